The van der Waals surface area contributed by atoms with E-state index >= 15 is 0 Å². The average Bonchev–Trinajstić information content (AvgIpc) is 2.43. The Balaban J connectivity index is 2.03. The summed E-state index contributed by atoms with van der Waals surface area (Å²) in [6, 6.07) is 4.36. The summed E-state index contributed by atoms with van der Waals surface area (Å²) in [6.45, 7) is 4.09. The standard InChI is InChI=1S/C13H16FN3O2/c1-9-2-3-10(14)11(8-9)16-12(18)13(19)17-6-4-15-5-7-17/h2-3,8,15H,4-7H2,1H3,(H,16,18). The van der Waals surface area contributed by atoms with Crippen molar-refractivity contribution in [2.45, 2.75) is 6.92 Å². The molecule has 0 spiro atoms. The summed E-state index contributed by atoms with van der Waals surface area (Å²) in [5.41, 5.74) is 0.847. The number of rotatable bonds is 1. The number of carbonyl (C=O) groups excluding carboxylic acids is 2. The van der Waals surface area contributed by atoms with Crippen molar-refractivity contribution in [2.24, 2.45) is 0 Å². The molecule has 1 fully saturated rings. The topological polar surface area (TPSA) is 61.4 Å². The summed E-state index contributed by atoms with van der Waals surface area (Å²) >= 11 is 0. The first-order valence-electron chi connectivity index (χ1n) is 6.15. The van der Waals surface area contributed by atoms with Crippen LogP contribution in [-0.2, 0) is 9.59 Å². The zero-order valence-corrected chi connectivity index (χ0v) is 10.7. The minimum Gasteiger partial charge on any atom is -0.332 e. The zero-order chi connectivity index (χ0) is 13.8. The van der Waals surface area contributed by atoms with Crippen molar-refractivity contribution in [1.29, 1.82) is 0 Å². The summed E-state index contributed by atoms with van der Waals surface area (Å²) in [6.07, 6.45) is 0. The van der Waals surface area contributed by atoms with Crippen LogP contribution in [-0.4, -0.2) is 42.9 Å². The van der Waals surface area contributed by atoms with Crippen molar-refractivity contribution in [1.82, 2.24) is 10.2 Å². The molecule has 6 heteroatoms. The lowest BCUT2D eigenvalue weighted by atomic mass is 10.2. The van der Waals surface area contributed by atoms with E-state index in [0.29, 0.717) is 26.2 Å². The highest BCUT2D eigenvalue weighted by molar-refractivity contribution is 6.39. The molecule has 0 aliphatic carbocycles. The van der Waals surface area contributed by atoms with Gasteiger partial charge in [-0.05, 0) is 24.6 Å². The molecule has 5 nitrogen and oxygen atoms in total. The Morgan fingerprint density at radius 3 is 2.68 bits per heavy atom. The number of hydrogen-bond acceptors (Lipinski definition) is 3. The zero-order valence-electron chi connectivity index (χ0n) is 10.7. The van der Waals surface area contributed by atoms with Gasteiger partial charge >= 0.3 is 11.8 Å². The fourth-order valence-corrected chi connectivity index (χ4v) is 1.92. The molecule has 0 aromatic heterocycles. The highest BCUT2D eigenvalue weighted by Gasteiger charge is 2.23. The second kappa shape index (κ2) is 5.79. The lowest BCUT2D eigenvalue weighted by molar-refractivity contribution is -0.143. The molecule has 1 aromatic carbocycles. The van der Waals surface area contributed by atoms with Crippen molar-refractivity contribution in [3.8, 4) is 0 Å². The van der Waals surface area contributed by atoms with Gasteiger partial charge in [0, 0.05) is 26.2 Å². The van der Waals surface area contributed by atoms with Gasteiger partial charge in [-0.15, -0.1) is 0 Å². The molecule has 0 radical (unpaired) electrons. The van der Waals surface area contributed by atoms with Crippen LogP contribution >= 0.6 is 0 Å². The molecular weight excluding hydrogens is 249 g/mol. The van der Waals surface area contributed by atoms with Crippen molar-refractivity contribution in [2.75, 3.05) is 31.5 Å². The molecule has 2 amide bonds. The average molecular weight is 265 g/mol. The third-order valence-corrected chi connectivity index (χ3v) is 2.97. The van der Waals surface area contributed by atoms with Crippen LogP contribution in [0.1, 0.15) is 5.56 Å². The third kappa shape index (κ3) is 3.29. The Morgan fingerprint density at radius 1 is 1.32 bits per heavy atom. The smallest absolute Gasteiger partial charge is 0.313 e. The van der Waals surface area contributed by atoms with E-state index in [2.05, 4.69) is 10.6 Å². The Morgan fingerprint density at radius 2 is 2.00 bits per heavy atom. The number of anilines is 1. The van der Waals surface area contributed by atoms with E-state index < -0.39 is 17.6 Å². The second-order valence-corrected chi connectivity index (χ2v) is 4.48. The summed E-state index contributed by atoms with van der Waals surface area (Å²) in [5, 5.41) is 5.41. The normalized spacial score (nSPS) is 15.2. The highest BCUT2D eigenvalue weighted by Crippen LogP contribution is 2.15. The van der Waals surface area contributed by atoms with E-state index in [0.717, 1.165) is 5.56 Å². The van der Waals surface area contributed by atoms with E-state index in [9.17, 15) is 14.0 Å². The predicted octanol–water partition coefficient (Wildman–Crippen LogP) is 0.504. The van der Waals surface area contributed by atoms with E-state index in [-0.39, 0.29) is 5.69 Å². The molecule has 1 saturated heterocycles. The fraction of sp³-hybridized carbons (Fsp3) is 0.385. The molecule has 1 aromatic rings. The van der Waals surface area contributed by atoms with Gasteiger partial charge in [0.2, 0.25) is 0 Å². The third-order valence-electron chi connectivity index (χ3n) is 2.97. The van der Waals surface area contributed by atoms with Crippen molar-refractivity contribution >= 4 is 17.5 Å². The maximum atomic E-state index is 13.5. The van der Waals surface area contributed by atoms with Crippen LogP contribution in [0.25, 0.3) is 0 Å². The molecule has 0 atom stereocenters. The summed E-state index contributed by atoms with van der Waals surface area (Å²) in [7, 11) is 0. The number of nitrogens with one attached hydrogen (secondary N) is 2. The van der Waals surface area contributed by atoms with Gasteiger partial charge in [-0.1, -0.05) is 6.07 Å². The van der Waals surface area contributed by atoms with Crippen LogP contribution in [0.3, 0.4) is 0 Å². The van der Waals surface area contributed by atoms with Gasteiger partial charge in [-0.3, -0.25) is 9.59 Å². The molecule has 1 aliphatic rings. The minimum absolute atomic E-state index is 0.0356. The largest absolute Gasteiger partial charge is 0.332 e. The summed E-state index contributed by atoms with van der Waals surface area (Å²) in [5.74, 6) is -1.97. The molecule has 2 N–H and O–H groups in total. The first-order valence-corrected chi connectivity index (χ1v) is 6.15. The number of piperazine rings is 1. The van der Waals surface area contributed by atoms with Crippen LogP contribution in [0.15, 0.2) is 18.2 Å². The Bertz CT molecular complexity index is 499. The first kappa shape index (κ1) is 13.5. The highest BCUT2D eigenvalue weighted by atomic mass is 19.1. The lowest BCUT2D eigenvalue weighted by Crippen LogP contribution is -2.49. The van der Waals surface area contributed by atoms with Gasteiger partial charge in [-0.2, -0.15) is 0 Å². The first-order chi connectivity index (χ1) is 9.08. The number of benzene rings is 1. The van der Waals surface area contributed by atoms with Gasteiger partial charge in [0.1, 0.15) is 5.82 Å². The van der Waals surface area contributed by atoms with Gasteiger partial charge in [0.15, 0.2) is 0 Å². The van der Waals surface area contributed by atoms with Crippen molar-refractivity contribution in [3.05, 3.63) is 29.6 Å². The molecule has 1 aliphatic heterocycles. The van der Waals surface area contributed by atoms with Crippen LogP contribution in [0.5, 0.6) is 0 Å². The van der Waals surface area contributed by atoms with Crippen molar-refractivity contribution in [3.63, 3.8) is 0 Å². The molecule has 0 saturated carbocycles. The Labute approximate surface area is 110 Å². The van der Waals surface area contributed by atoms with E-state index in [1.165, 1.54) is 17.0 Å². The van der Waals surface area contributed by atoms with Crippen LogP contribution in [0.4, 0.5) is 10.1 Å². The van der Waals surface area contributed by atoms with Gasteiger partial charge < -0.3 is 15.5 Å². The van der Waals surface area contributed by atoms with Crippen LogP contribution in [0.2, 0.25) is 0 Å². The number of nitrogens with zero attached hydrogens (tertiary/aromatic N) is 1. The SMILES string of the molecule is Cc1ccc(F)c(NC(=O)C(=O)N2CCNCC2)c1. The quantitative estimate of drug-likeness (QED) is 0.727. The number of amides is 2. The van der Waals surface area contributed by atoms with E-state index in [1.807, 2.05) is 0 Å². The lowest BCUT2D eigenvalue weighted by Gasteiger charge is -2.26. The second-order valence-electron chi connectivity index (χ2n) is 4.48. The van der Waals surface area contributed by atoms with Gasteiger partial charge in [0.25, 0.3) is 0 Å². The molecule has 2 rings (SSSR count). The minimum atomic E-state index is -0.800. The maximum absolute atomic E-state index is 13.5. The predicted molar refractivity (Wildman–Crippen MR) is 69.2 cm³/mol. The summed E-state index contributed by atoms with van der Waals surface area (Å²) < 4.78 is 13.5. The van der Waals surface area contributed by atoms with E-state index in [1.54, 1.807) is 13.0 Å². The molecular formula is C13H16FN3O2. The molecule has 0 bridgehead atoms. The molecule has 1 heterocycles. The molecule has 0 unspecified atom stereocenters. The van der Waals surface area contributed by atoms with E-state index in [4.69, 9.17) is 0 Å². The molecule has 19 heavy (non-hydrogen) atoms. The monoisotopic (exact) mass is 265 g/mol. The van der Waals surface area contributed by atoms with Crippen LogP contribution in [0, 0.1) is 12.7 Å². The number of hydrogen-bond donors (Lipinski definition) is 2. The van der Waals surface area contributed by atoms with Gasteiger partial charge in [0.05, 0.1) is 5.69 Å². The van der Waals surface area contributed by atoms with Gasteiger partial charge in [-0.25, -0.2) is 4.39 Å². The Hall–Kier alpha value is -1.95. The van der Waals surface area contributed by atoms with Crippen molar-refractivity contribution < 1.29 is 14.0 Å². The summed E-state index contributed by atoms with van der Waals surface area (Å²) in [4.78, 5) is 25.1. The van der Waals surface area contributed by atoms with Crippen LogP contribution < -0.4 is 10.6 Å². The number of carbonyl (C=O) groups is 2. The fourth-order valence-electron chi connectivity index (χ4n) is 1.92. The molecule has 102 valence electrons. The Kier molecular flexibility index (Phi) is 4.11. The number of halogens is 1. The maximum Gasteiger partial charge on any atom is 0.313 e. The number of aryl methyl sites for hydroxylation is 1.